The highest BCUT2D eigenvalue weighted by Gasteiger charge is 2.31. The van der Waals surface area contributed by atoms with Crippen LogP contribution < -0.4 is 11.1 Å². The molecule has 0 aliphatic heterocycles. The second-order valence-electron chi connectivity index (χ2n) is 5.20. The Labute approximate surface area is 132 Å². The van der Waals surface area contributed by atoms with E-state index in [9.17, 15) is 4.79 Å². The molecule has 1 saturated carbocycles. The van der Waals surface area contributed by atoms with Crippen molar-refractivity contribution in [2.24, 2.45) is 18.7 Å². The molecule has 0 aromatic carbocycles. The standard InChI is InChI=1S/C13H22N4O.2ClH/c1-8-11(9(2)17(3)16-8)6-13(18)15-12(7-14)10-4-5-10;;/h10,12H,4-7,14H2,1-3H3,(H,15,18);2*1H. The lowest BCUT2D eigenvalue weighted by atomic mass is 10.1. The Bertz CT molecular complexity index is 457. The predicted molar refractivity (Wildman–Crippen MR) is 84.6 cm³/mol. The van der Waals surface area contributed by atoms with Crippen LogP contribution in [0.3, 0.4) is 0 Å². The number of nitrogens with zero attached hydrogens (tertiary/aromatic N) is 2. The van der Waals surface area contributed by atoms with Crippen LogP contribution in [0.5, 0.6) is 0 Å². The Morgan fingerprint density at radius 2 is 2.05 bits per heavy atom. The van der Waals surface area contributed by atoms with E-state index in [-0.39, 0.29) is 36.8 Å². The Hall–Kier alpha value is -0.780. The number of halogens is 2. The molecule has 2 rings (SSSR count). The van der Waals surface area contributed by atoms with Crippen molar-refractivity contribution < 1.29 is 4.79 Å². The number of rotatable bonds is 5. The minimum Gasteiger partial charge on any atom is -0.352 e. The first-order chi connectivity index (χ1) is 8.52. The third-order valence-electron chi connectivity index (χ3n) is 3.79. The highest BCUT2D eigenvalue weighted by Crippen LogP contribution is 2.32. The summed E-state index contributed by atoms with van der Waals surface area (Å²) in [7, 11) is 1.90. The minimum atomic E-state index is 0. The molecule has 7 heteroatoms. The van der Waals surface area contributed by atoms with Crippen molar-refractivity contribution in [2.75, 3.05) is 6.54 Å². The zero-order valence-electron chi connectivity index (χ0n) is 12.2. The smallest absolute Gasteiger partial charge is 0.224 e. The monoisotopic (exact) mass is 322 g/mol. The van der Waals surface area contributed by atoms with Gasteiger partial charge in [0, 0.05) is 30.9 Å². The fraction of sp³-hybridized carbons (Fsp3) is 0.692. The fourth-order valence-corrected chi connectivity index (χ4v) is 2.36. The van der Waals surface area contributed by atoms with E-state index in [1.165, 1.54) is 12.8 Å². The predicted octanol–water partition coefficient (Wildman–Crippen LogP) is 1.28. The molecule has 20 heavy (non-hydrogen) atoms. The van der Waals surface area contributed by atoms with Crippen molar-refractivity contribution in [2.45, 2.75) is 39.2 Å². The van der Waals surface area contributed by atoms with Crippen molar-refractivity contribution in [3.05, 3.63) is 17.0 Å². The number of aromatic nitrogens is 2. The van der Waals surface area contributed by atoms with Crippen LogP contribution in [-0.4, -0.2) is 28.3 Å². The van der Waals surface area contributed by atoms with E-state index in [1.807, 2.05) is 25.6 Å². The average molecular weight is 323 g/mol. The third kappa shape index (κ3) is 4.36. The number of nitrogens with two attached hydrogens (primary N) is 1. The van der Waals surface area contributed by atoms with Gasteiger partial charge in [0.15, 0.2) is 0 Å². The quantitative estimate of drug-likeness (QED) is 0.857. The van der Waals surface area contributed by atoms with Gasteiger partial charge in [0.1, 0.15) is 0 Å². The van der Waals surface area contributed by atoms with Crippen LogP contribution in [-0.2, 0) is 18.3 Å². The van der Waals surface area contributed by atoms with Crippen molar-refractivity contribution in [3.63, 3.8) is 0 Å². The Morgan fingerprint density at radius 1 is 1.45 bits per heavy atom. The highest BCUT2D eigenvalue weighted by molar-refractivity contribution is 5.85. The molecule has 1 heterocycles. The molecular weight excluding hydrogens is 299 g/mol. The lowest BCUT2D eigenvalue weighted by molar-refractivity contribution is -0.121. The molecule has 3 N–H and O–H groups in total. The van der Waals surface area contributed by atoms with Crippen LogP contribution in [0.4, 0.5) is 0 Å². The number of carbonyl (C=O) groups is 1. The second kappa shape index (κ2) is 7.86. The van der Waals surface area contributed by atoms with Gasteiger partial charge in [-0.1, -0.05) is 0 Å². The lowest BCUT2D eigenvalue weighted by Gasteiger charge is -2.16. The Morgan fingerprint density at radius 3 is 2.45 bits per heavy atom. The maximum Gasteiger partial charge on any atom is 0.224 e. The Balaban J connectivity index is 0.00000180. The summed E-state index contributed by atoms with van der Waals surface area (Å²) in [6.07, 6.45) is 2.77. The molecule has 1 aliphatic rings. The fourth-order valence-electron chi connectivity index (χ4n) is 2.36. The first-order valence-corrected chi connectivity index (χ1v) is 6.51. The molecule has 0 radical (unpaired) electrons. The van der Waals surface area contributed by atoms with E-state index in [0.29, 0.717) is 18.9 Å². The summed E-state index contributed by atoms with van der Waals surface area (Å²) in [5.41, 5.74) is 8.70. The average Bonchev–Trinajstić information content (AvgIpc) is 3.12. The van der Waals surface area contributed by atoms with E-state index in [2.05, 4.69) is 10.4 Å². The molecule has 0 bridgehead atoms. The number of carbonyl (C=O) groups excluding carboxylic acids is 1. The maximum absolute atomic E-state index is 12.0. The molecule has 1 unspecified atom stereocenters. The number of nitrogens with one attached hydrogen (secondary N) is 1. The summed E-state index contributed by atoms with van der Waals surface area (Å²) in [4.78, 5) is 12.0. The molecule has 5 nitrogen and oxygen atoms in total. The van der Waals surface area contributed by atoms with E-state index < -0.39 is 0 Å². The van der Waals surface area contributed by atoms with Gasteiger partial charge in [0.2, 0.25) is 5.91 Å². The molecule has 1 aromatic heterocycles. The van der Waals surface area contributed by atoms with E-state index in [0.717, 1.165) is 17.0 Å². The van der Waals surface area contributed by atoms with Gasteiger partial charge in [0.25, 0.3) is 0 Å². The van der Waals surface area contributed by atoms with Crippen LogP contribution in [0, 0.1) is 19.8 Å². The van der Waals surface area contributed by atoms with Gasteiger partial charge in [0.05, 0.1) is 12.1 Å². The number of hydrogen-bond donors (Lipinski definition) is 2. The molecule has 0 spiro atoms. The van der Waals surface area contributed by atoms with Crippen molar-refractivity contribution in [1.82, 2.24) is 15.1 Å². The molecular formula is C13H24Cl2N4O. The first kappa shape index (κ1) is 19.2. The van der Waals surface area contributed by atoms with Gasteiger partial charge in [-0.2, -0.15) is 5.10 Å². The lowest BCUT2D eigenvalue weighted by Crippen LogP contribution is -2.42. The highest BCUT2D eigenvalue weighted by atomic mass is 35.5. The van der Waals surface area contributed by atoms with Gasteiger partial charge in [-0.3, -0.25) is 9.48 Å². The SMILES string of the molecule is Cc1nn(C)c(C)c1CC(=O)NC(CN)C1CC1.Cl.Cl. The van der Waals surface area contributed by atoms with Crippen LogP contribution >= 0.6 is 24.8 Å². The largest absolute Gasteiger partial charge is 0.352 e. The van der Waals surface area contributed by atoms with E-state index in [4.69, 9.17) is 5.73 Å². The number of aryl methyl sites for hydroxylation is 2. The molecule has 1 atom stereocenters. The van der Waals surface area contributed by atoms with Gasteiger partial charge in [-0.15, -0.1) is 24.8 Å². The zero-order valence-corrected chi connectivity index (χ0v) is 13.8. The van der Waals surface area contributed by atoms with Gasteiger partial charge >= 0.3 is 0 Å². The van der Waals surface area contributed by atoms with Gasteiger partial charge in [-0.05, 0) is 32.6 Å². The maximum atomic E-state index is 12.0. The third-order valence-corrected chi connectivity index (χ3v) is 3.79. The molecule has 1 aromatic rings. The topological polar surface area (TPSA) is 72.9 Å². The minimum absolute atomic E-state index is 0. The summed E-state index contributed by atoms with van der Waals surface area (Å²) in [5.74, 6) is 0.645. The van der Waals surface area contributed by atoms with Crippen LogP contribution in [0.2, 0.25) is 0 Å². The first-order valence-electron chi connectivity index (χ1n) is 6.51. The van der Waals surface area contributed by atoms with Crippen LogP contribution in [0.15, 0.2) is 0 Å². The zero-order chi connectivity index (χ0) is 13.3. The van der Waals surface area contributed by atoms with Crippen molar-refractivity contribution >= 4 is 30.7 Å². The summed E-state index contributed by atoms with van der Waals surface area (Å²) in [5, 5.41) is 7.36. The summed E-state index contributed by atoms with van der Waals surface area (Å²) in [6.45, 7) is 4.46. The molecule has 1 amide bonds. The van der Waals surface area contributed by atoms with Crippen molar-refractivity contribution in [1.29, 1.82) is 0 Å². The second-order valence-corrected chi connectivity index (χ2v) is 5.20. The molecule has 1 aliphatic carbocycles. The Kier molecular flexibility index (Phi) is 7.55. The summed E-state index contributed by atoms with van der Waals surface area (Å²) in [6, 6.07) is 0.148. The summed E-state index contributed by atoms with van der Waals surface area (Å²) < 4.78 is 1.82. The summed E-state index contributed by atoms with van der Waals surface area (Å²) >= 11 is 0. The van der Waals surface area contributed by atoms with E-state index >= 15 is 0 Å². The molecule has 116 valence electrons. The normalized spacial score (nSPS) is 15.0. The number of hydrogen-bond acceptors (Lipinski definition) is 3. The van der Waals surface area contributed by atoms with Crippen LogP contribution in [0.25, 0.3) is 0 Å². The molecule has 1 fully saturated rings. The van der Waals surface area contributed by atoms with Crippen molar-refractivity contribution in [3.8, 4) is 0 Å². The van der Waals surface area contributed by atoms with Gasteiger partial charge in [-0.25, -0.2) is 0 Å². The van der Waals surface area contributed by atoms with E-state index in [1.54, 1.807) is 0 Å². The van der Waals surface area contributed by atoms with Gasteiger partial charge < -0.3 is 11.1 Å². The van der Waals surface area contributed by atoms with Crippen LogP contribution in [0.1, 0.15) is 29.8 Å². The number of amides is 1. The molecule has 0 saturated heterocycles.